The fourth-order valence-corrected chi connectivity index (χ4v) is 10.1. The van der Waals surface area contributed by atoms with Gasteiger partial charge in [0.1, 0.15) is 35.5 Å². The Bertz CT molecular complexity index is 2290. The number of thiophene rings is 1. The van der Waals surface area contributed by atoms with Crippen molar-refractivity contribution in [2.45, 2.75) is 88.5 Å². The fraction of sp³-hybridized carbons (Fsp3) is 0.526. The molecule has 0 bridgehead atoms. The van der Waals surface area contributed by atoms with Gasteiger partial charge in [0.2, 0.25) is 5.91 Å². The first kappa shape index (κ1) is 38.4. The fourth-order valence-electron chi connectivity index (χ4n) is 9.13. The normalized spacial score (nSPS) is 24.3. The van der Waals surface area contributed by atoms with Gasteiger partial charge in [-0.15, -0.1) is 11.3 Å². The smallest absolute Gasteiger partial charge is 0.419 e. The van der Waals surface area contributed by atoms with E-state index in [9.17, 15) is 14.4 Å². The Morgan fingerprint density at radius 3 is 2.57 bits per heavy atom. The van der Waals surface area contributed by atoms with E-state index in [-0.39, 0.29) is 66.0 Å². The third-order valence-electron chi connectivity index (χ3n) is 11.8. The number of hydrogen-bond donors (Lipinski definition) is 1. The highest BCUT2D eigenvalue weighted by molar-refractivity contribution is 7.23. The number of halogens is 8. The lowest BCUT2D eigenvalue weighted by atomic mass is 9.88. The van der Waals surface area contributed by atoms with Gasteiger partial charge in [-0.2, -0.15) is 41.6 Å². The summed E-state index contributed by atoms with van der Waals surface area (Å²) in [5.74, 6) is -1.40. The second-order valence-corrected chi connectivity index (χ2v) is 16.4. The van der Waals surface area contributed by atoms with Crippen molar-refractivity contribution in [3.8, 4) is 23.2 Å². The number of aromatic nitrogens is 2. The average molecular weight is 808 g/mol. The first-order valence-corrected chi connectivity index (χ1v) is 19.3. The van der Waals surface area contributed by atoms with Gasteiger partial charge in [-0.3, -0.25) is 9.69 Å². The van der Waals surface area contributed by atoms with E-state index in [1.807, 2.05) is 11.8 Å². The number of nitrogens with two attached hydrogens (primary N) is 1. The molecule has 298 valence electrons. The van der Waals surface area contributed by atoms with Crippen LogP contribution >= 0.6 is 11.3 Å². The largest absolute Gasteiger partial charge is 0.461 e. The highest BCUT2D eigenvalue weighted by atomic mass is 32.1. The van der Waals surface area contributed by atoms with Crippen LogP contribution in [0.5, 0.6) is 6.01 Å². The standard InChI is InChI=1S/C38H37F8N7O2S/c1-3-52(21-11-18(2)53(16-21)34(54)19-5-6-19)33-23-12-25(37(41,42)43)28(22-7-8-26(40)31-27(22)24(14-47)32(48)56-31)29(38(44,45)46)30(23)49-35(50-33)55-17-36-9-4-10-51(36)15-20(39)13-36/h7-8,12,18-21H,3-6,9-11,13,15-17,48H2,1-2H3/t18-,20-,21+,36+/m1/s1. The second kappa shape index (κ2) is 13.6. The molecule has 1 saturated carbocycles. The van der Waals surface area contributed by atoms with Gasteiger partial charge in [0, 0.05) is 60.4 Å². The molecule has 0 spiro atoms. The molecular formula is C38H37F8N7O2S. The van der Waals surface area contributed by atoms with E-state index in [2.05, 4.69) is 9.97 Å². The molecule has 9 nitrogen and oxygen atoms in total. The van der Waals surface area contributed by atoms with Crippen molar-refractivity contribution < 1.29 is 44.7 Å². The summed E-state index contributed by atoms with van der Waals surface area (Å²) >= 11 is 0.535. The quantitative estimate of drug-likeness (QED) is 0.177. The van der Waals surface area contributed by atoms with Gasteiger partial charge in [0.25, 0.3) is 0 Å². The van der Waals surface area contributed by atoms with E-state index in [0.717, 1.165) is 31.4 Å². The number of amides is 1. The van der Waals surface area contributed by atoms with Crippen molar-refractivity contribution in [2.24, 2.45) is 5.92 Å². The van der Waals surface area contributed by atoms with E-state index in [0.29, 0.717) is 36.8 Å². The molecule has 2 aromatic carbocycles. The van der Waals surface area contributed by atoms with Crippen LogP contribution in [-0.2, 0) is 17.1 Å². The minimum atomic E-state index is -5.51. The van der Waals surface area contributed by atoms with Crippen LogP contribution in [0.4, 0.5) is 45.9 Å². The van der Waals surface area contributed by atoms with Crippen molar-refractivity contribution in [1.29, 1.82) is 5.26 Å². The molecule has 0 unspecified atom stereocenters. The average Bonchev–Trinajstić information content (AvgIpc) is 3.53. The van der Waals surface area contributed by atoms with Gasteiger partial charge in [-0.25, -0.2) is 8.78 Å². The summed E-state index contributed by atoms with van der Waals surface area (Å²) in [4.78, 5) is 27.1. The molecule has 4 aromatic rings. The number of nitrogen functional groups attached to an aromatic ring is 1. The SMILES string of the molecule is CCN(c1nc(OC[C@@]23CCCN2C[C@H](F)C3)nc2c(C(F)(F)F)c(-c3ccc(F)c4sc(N)c(C#N)c34)c(C(F)(F)F)cc12)[C@H]1C[C@@H](C)N(C(=O)C2CC2)C1. The van der Waals surface area contributed by atoms with E-state index in [1.54, 1.807) is 22.8 Å². The molecule has 2 N–H and O–H groups in total. The zero-order chi connectivity index (χ0) is 40.1. The number of nitrogens with zero attached hydrogens (tertiary/aromatic N) is 6. The lowest BCUT2D eigenvalue weighted by molar-refractivity contribution is -0.141. The maximum Gasteiger partial charge on any atom is 0.419 e. The summed E-state index contributed by atoms with van der Waals surface area (Å²) in [5.41, 5.74) is -1.76. The van der Waals surface area contributed by atoms with E-state index >= 15 is 30.7 Å². The Balaban J connectivity index is 1.39. The topological polar surface area (TPSA) is 112 Å². The zero-order valence-corrected chi connectivity index (χ0v) is 31.1. The molecule has 5 heterocycles. The summed E-state index contributed by atoms with van der Waals surface area (Å²) in [7, 11) is 0. The van der Waals surface area contributed by atoms with E-state index in [1.165, 1.54) is 0 Å². The van der Waals surface area contributed by atoms with Crippen LogP contribution in [-0.4, -0.2) is 82.3 Å². The maximum atomic E-state index is 15.7. The van der Waals surface area contributed by atoms with Crippen molar-refractivity contribution in [1.82, 2.24) is 19.8 Å². The Labute approximate surface area is 320 Å². The third kappa shape index (κ3) is 6.34. The number of anilines is 2. The van der Waals surface area contributed by atoms with Gasteiger partial charge in [-0.05, 0) is 70.2 Å². The van der Waals surface area contributed by atoms with E-state index < -0.39 is 86.0 Å². The van der Waals surface area contributed by atoms with Crippen LogP contribution in [0, 0.1) is 23.1 Å². The summed E-state index contributed by atoms with van der Waals surface area (Å²) in [6.45, 7) is 4.36. The van der Waals surface area contributed by atoms with E-state index in [4.69, 9.17) is 10.5 Å². The zero-order valence-electron chi connectivity index (χ0n) is 30.3. The second-order valence-electron chi connectivity index (χ2n) is 15.3. The molecule has 4 aliphatic rings. The number of hydrogen-bond acceptors (Lipinski definition) is 9. The molecule has 18 heteroatoms. The van der Waals surface area contributed by atoms with Gasteiger partial charge < -0.3 is 20.3 Å². The summed E-state index contributed by atoms with van der Waals surface area (Å²) < 4.78 is 129. The predicted octanol–water partition coefficient (Wildman–Crippen LogP) is 8.32. The Morgan fingerprint density at radius 2 is 1.91 bits per heavy atom. The van der Waals surface area contributed by atoms with Crippen LogP contribution in [0.15, 0.2) is 18.2 Å². The number of nitriles is 1. The summed E-state index contributed by atoms with van der Waals surface area (Å²) in [6.07, 6.45) is -8.78. The third-order valence-corrected chi connectivity index (χ3v) is 12.8. The lowest BCUT2D eigenvalue weighted by Gasteiger charge is -2.32. The Morgan fingerprint density at radius 1 is 1.16 bits per heavy atom. The number of likely N-dealkylation sites (tertiary alicyclic amines) is 1. The van der Waals surface area contributed by atoms with Gasteiger partial charge in [-0.1, -0.05) is 6.07 Å². The highest BCUT2D eigenvalue weighted by Crippen LogP contribution is 2.53. The molecule has 3 saturated heterocycles. The van der Waals surface area contributed by atoms with Crippen LogP contribution in [0.2, 0.25) is 0 Å². The number of ether oxygens (including phenoxy) is 1. The van der Waals surface area contributed by atoms with Crippen molar-refractivity contribution in [2.75, 3.05) is 43.4 Å². The van der Waals surface area contributed by atoms with Gasteiger partial charge in [0.15, 0.2) is 0 Å². The number of rotatable bonds is 8. The lowest BCUT2D eigenvalue weighted by Crippen LogP contribution is -2.43. The number of benzene rings is 2. The Kier molecular flexibility index (Phi) is 9.30. The van der Waals surface area contributed by atoms with Crippen molar-refractivity contribution in [3.05, 3.63) is 40.7 Å². The monoisotopic (exact) mass is 807 g/mol. The van der Waals surface area contributed by atoms with Crippen LogP contribution in [0.25, 0.3) is 32.1 Å². The highest BCUT2D eigenvalue weighted by Gasteiger charge is 2.50. The molecule has 4 atom stereocenters. The molecular weight excluding hydrogens is 771 g/mol. The first-order chi connectivity index (χ1) is 26.5. The molecule has 1 amide bonds. The minimum Gasteiger partial charge on any atom is -0.461 e. The number of likely N-dealkylation sites (N-methyl/N-ethyl adjacent to an activating group) is 1. The Hall–Kier alpha value is -4.50. The minimum absolute atomic E-state index is 0.0458. The number of carbonyl (C=O) groups excluding carboxylic acids is 1. The molecule has 0 radical (unpaired) electrons. The predicted molar refractivity (Wildman–Crippen MR) is 193 cm³/mol. The number of alkyl halides is 7. The molecule has 2 aromatic heterocycles. The van der Waals surface area contributed by atoms with Crippen molar-refractivity contribution >= 4 is 49.1 Å². The number of fused-ring (bicyclic) bond motifs is 3. The molecule has 56 heavy (non-hydrogen) atoms. The van der Waals surface area contributed by atoms with Crippen LogP contribution in [0.1, 0.15) is 69.1 Å². The molecule has 4 fully saturated rings. The molecule has 3 aliphatic heterocycles. The molecule has 8 rings (SSSR count). The van der Waals surface area contributed by atoms with Crippen LogP contribution < -0.4 is 15.4 Å². The first-order valence-electron chi connectivity index (χ1n) is 18.5. The maximum absolute atomic E-state index is 15.7. The van der Waals surface area contributed by atoms with Gasteiger partial charge >= 0.3 is 18.4 Å². The summed E-state index contributed by atoms with van der Waals surface area (Å²) in [6, 6.07) is 2.44. The van der Waals surface area contributed by atoms with Gasteiger partial charge in [0.05, 0.1) is 32.4 Å². The molecule has 1 aliphatic carbocycles. The summed E-state index contributed by atoms with van der Waals surface area (Å²) in [5, 5.41) is 8.57. The van der Waals surface area contributed by atoms with Crippen LogP contribution in [0.3, 0.4) is 0 Å². The number of carbonyl (C=O) groups is 1. The van der Waals surface area contributed by atoms with Crippen molar-refractivity contribution in [3.63, 3.8) is 0 Å².